The number of rotatable bonds is 12. The number of aromatic hydroxyl groups is 1. The molecule has 4 rings (SSSR count). The second-order valence-electron chi connectivity index (χ2n) is 9.01. The van der Waals surface area contributed by atoms with Gasteiger partial charge in [-0.3, -0.25) is 4.79 Å². The van der Waals surface area contributed by atoms with Gasteiger partial charge >= 0.3 is 0 Å². The maximum absolute atomic E-state index is 13.2. The van der Waals surface area contributed by atoms with Crippen molar-refractivity contribution < 1.29 is 27.7 Å². The Balaban J connectivity index is 1.67. The van der Waals surface area contributed by atoms with Gasteiger partial charge in [-0.1, -0.05) is 6.92 Å². The lowest BCUT2D eigenvalue weighted by atomic mass is 10.1. The third-order valence-corrected chi connectivity index (χ3v) is 7.74. The van der Waals surface area contributed by atoms with Crippen molar-refractivity contribution >= 4 is 15.5 Å². The number of H-pyrrole nitrogens is 1. The number of nitrogens with one attached hydrogen (secondary N) is 2. The summed E-state index contributed by atoms with van der Waals surface area (Å²) in [5, 5.41) is 14.7. The fourth-order valence-corrected chi connectivity index (χ4v) is 5.45. The van der Waals surface area contributed by atoms with E-state index >= 15 is 0 Å². The Morgan fingerprint density at radius 2 is 1.75 bits per heavy atom. The fraction of sp³-hybridized carbons (Fsp3) is 0.370. The number of hydrogen-bond acceptors (Lipinski definition) is 9. The minimum Gasteiger partial charge on any atom is -0.502 e. The number of aryl methyl sites for hydroxylation is 2. The molecular formula is C27H33N5O7S. The number of nitrogens with zero attached hydrogens (tertiary/aromatic N) is 3. The third-order valence-electron chi connectivity index (χ3n) is 6.28. The van der Waals surface area contributed by atoms with Crippen LogP contribution in [0.15, 0.2) is 40.0 Å². The third kappa shape index (κ3) is 5.75. The predicted molar refractivity (Wildman–Crippen MR) is 149 cm³/mol. The van der Waals surface area contributed by atoms with E-state index in [1.165, 1.54) is 30.9 Å². The second kappa shape index (κ2) is 12.0. The largest absolute Gasteiger partial charge is 0.502 e. The quantitative estimate of drug-likeness (QED) is 0.232. The van der Waals surface area contributed by atoms with Crippen molar-refractivity contribution in [3.8, 4) is 34.4 Å². The van der Waals surface area contributed by atoms with Crippen LogP contribution in [0.2, 0.25) is 0 Å². The Hall–Kier alpha value is -4.10. The molecule has 0 atom stereocenters. The first-order valence-corrected chi connectivity index (χ1v) is 14.3. The van der Waals surface area contributed by atoms with Crippen LogP contribution in [0.25, 0.3) is 16.9 Å². The van der Waals surface area contributed by atoms with Gasteiger partial charge < -0.3 is 24.3 Å². The Bertz CT molecular complexity index is 1670. The molecule has 0 spiro atoms. The van der Waals surface area contributed by atoms with Gasteiger partial charge in [-0.25, -0.2) is 22.6 Å². The van der Waals surface area contributed by atoms with Crippen molar-refractivity contribution in [1.29, 1.82) is 0 Å². The molecule has 0 bridgehead atoms. The monoisotopic (exact) mass is 571 g/mol. The minimum absolute atomic E-state index is 0.0230. The topological polar surface area (TPSA) is 157 Å². The summed E-state index contributed by atoms with van der Waals surface area (Å²) in [7, 11) is -1.11. The van der Waals surface area contributed by atoms with E-state index in [-0.39, 0.29) is 40.1 Å². The molecule has 2 heterocycles. The molecule has 0 radical (unpaired) electrons. The highest BCUT2D eigenvalue weighted by atomic mass is 32.2. The molecule has 214 valence electrons. The van der Waals surface area contributed by atoms with Gasteiger partial charge in [0, 0.05) is 13.0 Å². The zero-order valence-electron chi connectivity index (χ0n) is 23.1. The summed E-state index contributed by atoms with van der Waals surface area (Å²) in [6.07, 6.45) is 1.75. The van der Waals surface area contributed by atoms with Crippen LogP contribution in [0.1, 0.15) is 37.4 Å². The van der Waals surface area contributed by atoms with Crippen LogP contribution >= 0.6 is 0 Å². The molecule has 0 unspecified atom stereocenters. The molecule has 2 aromatic carbocycles. The summed E-state index contributed by atoms with van der Waals surface area (Å²) in [5.74, 6) is 1.50. The zero-order chi connectivity index (χ0) is 29.0. The standard InChI is InChI=1S/C27H33N5O7S/c1-6-8-23-29-16(3)24-27(34)30-26(31-32(23)24)19-15-18(9-10-20(19)39-7-2)40(35,36)28-12-11-17-13-21(37-4)25(33)22(14-17)38-5/h9-10,13-15,28,33H,6-8,11-12H2,1-5H3,(H,30,31,34). The molecule has 0 aliphatic carbocycles. The second-order valence-corrected chi connectivity index (χ2v) is 10.8. The first-order valence-electron chi connectivity index (χ1n) is 12.8. The number of imidazole rings is 1. The van der Waals surface area contributed by atoms with E-state index in [2.05, 4.69) is 19.8 Å². The highest BCUT2D eigenvalue weighted by molar-refractivity contribution is 7.89. The van der Waals surface area contributed by atoms with Crippen molar-refractivity contribution in [2.45, 2.75) is 44.9 Å². The molecule has 3 N–H and O–H groups in total. The minimum atomic E-state index is -3.95. The summed E-state index contributed by atoms with van der Waals surface area (Å²) < 4.78 is 46.7. The molecule has 4 aromatic rings. The number of fused-ring (bicyclic) bond motifs is 1. The molecule has 13 heteroatoms. The van der Waals surface area contributed by atoms with E-state index < -0.39 is 10.0 Å². The maximum Gasteiger partial charge on any atom is 0.277 e. The molecule has 0 aliphatic heterocycles. The van der Waals surface area contributed by atoms with Crippen molar-refractivity contribution in [3.05, 3.63) is 57.8 Å². The Morgan fingerprint density at radius 3 is 2.38 bits per heavy atom. The normalized spacial score (nSPS) is 11.6. The van der Waals surface area contributed by atoms with Crippen LogP contribution in [0.3, 0.4) is 0 Å². The van der Waals surface area contributed by atoms with Crippen LogP contribution in [0.4, 0.5) is 0 Å². The van der Waals surface area contributed by atoms with Crippen LogP contribution in [-0.2, 0) is 22.9 Å². The molecule has 0 saturated carbocycles. The molecule has 40 heavy (non-hydrogen) atoms. The van der Waals surface area contributed by atoms with Gasteiger partial charge in [0.2, 0.25) is 15.8 Å². The Labute approximate surface area is 232 Å². The van der Waals surface area contributed by atoms with Crippen molar-refractivity contribution in [2.75, 3.05) is 27.4 Å². The summed E-state index contributed by atoms with van der Waals surface area (Å²) in [4.78, 5) is 20.2. The van der Waals surface area contributed by atoms with E-state index in [9.17, 15) is 18.3 Å². The molecule has 0 fully saturated rings. The number of sulfonamides is 1. The van der Waals surface area contributed by atoms with Gasteiger partial charge in [0.15, 0.2) is 22.8 Å². The Morgan fingerprint density at radius 1 is 1.05 bits per heavy atom. The van der Waals surface area contributed by atoms with Crippen molar-refractivity contribution in [3.63, 3.8) is 0 Å². The van der Waals surface area contributed by atoms with Gasteiger partial charge in [0.05, 0.1) is 37.0 Å². The van der Waals surface area contributed by atoms with Gasteiger partial charge in [-0.2, -0.15) is 0 Å². The number of ether oxygens (including phenoxy) is 3. The first-order chi connectivity index (χ1) is 19.1. The van der Waals surface area contributed by atoms with Gasteiger partial charge in [0.1, 0.15) is 11.6 Å². The lowest BCUT2D eigenvalue weighted by molar-refractivity contribution is 0.339. The van der Waals surface area contributed by atoms with Gasteiger partial charge in [-0.05, 0) is 62.6 Å². The predicted octanol–water partition coefficient (Wildman–Crippen LogP) is 2.99. The molecule has 0 saturated heterocycles. The molecule has 12 nitrogen and oxygen atoms in total. The van der Waals surface area contributed by atoms with Crippen molar-refractivity contribution in [2.24, 2.45) is 0 Å². The van der Waals surface area contributed by atoms with Gasteiger partial charge in [-0.15, -0.1) is 5.10 Å². The lowest BCUT2D eigenvalue weighted by Crippen LogP contribution is -2.26. The summed E-state index contributed by atoms with van der Waals surface area (Å²) in [6.45, 7) is 5.96. The lowest BCUT2D eigenvalue weighted by Gasteiger charge is -2.14. The smallest absolute Gasteiger partial charge is 0.277 e. The average Bonchev–Trinajstić information content (AvgIpc) is 3.25. The molecular weight excluding hydrogens is 538 g/mol. The number of aromatic nitrogens is 4. The zero-order valence-corrected chi connectivity index (χ0v) is 23.9. The summed E-state index contributed by atoms with van der Waals surface area (Å²) in [6, 6.07) is 7.63. The molecule has 2 aromatic heterocycles. The van der Waals surface area contributed by atoms with Crippen molar-refractivity contribution in [1.82, 2.24) is 24.3 Å². The number of hydrogen-bond donors (Lipinski definition) is 3. The number of methoxy groups -OCH3 is 2. The van der Waals surface area contributed by atoms with E-state index in [1.54, 1.807) is 32.0 Å². The van der Waals surface area contributed by atoms with E-state index in [0.29, 0.717) is 53.4 Å². The highest BCUT2D eigenvalue weighted by Gasteiger charge is 2.21. The molecule has 0 aliphatic rings. The summed E-state index contributed by atoms with van der Waals surface area (Å²) in [5.41, 5.74) is 1.56. The maximum atomic E-state index is 13.2. The highest BCUT2D eigenvalue weighted by Crippen LogP contribution is 2.37. The van der Waals surface area contributed by atoms with Gasteiger partial charge in [0.25, 0.3) is 5.56 Å². The first kappa shape index (κ1) is 28.9. The average molecular weight is 572 g/mol. The number of phenolic OH excluding ortho intramolecular Hbond substituents is 1. The van der Waals surface area contributed by atoms with Crippen LogP contribution in [-0.4, -0.2) is 60.5 Å². The van der Waals surface area contributed by atoms with E-state index in [1.807, 2.05) is 6.92 Å². The number of benzene rings is 2. The molecule has 0 amide bonds. The Kier molecular flexibility index (Phi) is 8.64. The number of phenols is 1. The number of aromatic amines is 1. The van der Waals surface area contributed by atoms with Crippen LogP contribution in [0.5, 0.6) is 23.0 Å². The summed E-state index contributed by atoms with van der Waals surface area (Å²) >= 11 is 0. The van der Waals surface area contributed by atoms with E-state index in [0.717, 1.165) is 6.42 Å². The fourth-order valence-electron chi connectivity index (χ4n) is 4.39. The SMILES string of the molecule is CCCc1nc(C)c2c(=O)[nH]c(-c3cc(S(=O)(=O)NCCc4cc(OC)c(O)c(OC)c4)ccc3OCC)nn12. The van der Waals surface area contributed by atoms with Crippen LogP contribution < -0.4 is 24.5 Å². The van der Waals surface area contributed by atoms with Crippen LogP contribution in [0, 0.1) is 6.92 Å². The van der Waals surface area contributed by atoms with E-state index in [4.69, 9.17) is 14.2 Å².